The fourth-order valence-corrected chi connectivity index (χ4v) is 1.72. The summed E-state index contributed by atoms with van der Waals surface area (Å²) in [5.74, 6) is 2.16. The van der Waals surface area contributed by atoms with E-state index in [9.17, 15) is 0 Å². The van der Waals surface area contributed by atoms with Crippen LogP contribution < -0.4 is 10.6 Å². The highest BCUT2D eigenvalue weighted by molar-refractivity contribution is 5.58. The van der Waals surface area contributed by atoms with Gasteiger partial charge in [-0.05, 0) is 19.8 Å². The van der Waals surface area contributed by atoms with Crippen LogP contribution in [0.15, 0.2) is 6.33 Å². The first-order valence-corrected chi connectivity index (χ1v) is 6.45. The zero-order valence-electron chi connectivity index (χ0n) is 11.9. The topological polar surface area (TPSA) is 59.1 Å². The van der Waals surface area contributed by atoms with Crippen LogP contribution >= 0.6 is 0 Å². The lowest BCUT2D eigenvalue weighted by Gasteiger charge is -2.18. The van der Waals surface area contributed by atoms with Crippen molar-refractivity contribution < 1.29 is 4.74 Å². The third-order valence-electron chi connectivity index (χ3n) is 2.76. The van der Waals surface area contributed by atoms with Gasteiger partial charge >= 0.3 is 0 Å². The maximum absolute atomic E-state index is 5.23. The molecule has 2 N–H and O–H groups in total. The summed E-state index contributed by atoms with van der Waals surface area (Å²) in [4.78, 5) is 8.64. The Morgan fingerprint density at radius 1 is 1.17 bits per heavy atom. The Hall–Kier alpha value is -1.36. The van der Waals surface area contributed by atoms with E-state index in [0.29, 0.717) is 5.92 Å². The lowest BCUT2D eigenvalue weighted by Crippen LogP contribution is -2.20. The van der Waals surface area contributed by atoms with Gasteiger partial charge in [0.25, 0.3) is 0 Å². The number of nitrogens with zero attached hydrogens (tertiary/aromatic N) is 2. The molecule has 1 aromatic heterocycles. The molecule has 0 aliphatic carbocycles. The fraction of sp³-hybridized carbons (Fsp3) is 0.692. The molecule has 1 aromatic rings. The normalized spacial score (nSPS) is 12.6. The van der Waals surface area contributed by atoms with Crippen molar-refractivity contribution in [3.8, 4) is 0 Å². The van der Waals surface area contributed by atoms with Gasteiger partial charge in [0, 0.05) is 25.8 Å². The quantitative estimate of drug-likeness (QED) is 0.780. The summed E-state index contributed by atoms with van der Waals surface area (Å²) in [6.07, 6.45) is 1.74. The second kappa shape index (κ2) is 7.16. The lowest BCUT2D eigenvalue weighted by molar-refractivity contribution is 0.128. The van der Waals surface area contributed by atoms with Crippen LogP contribution in [0.4, 0.5) is 11.6 Å². The molecule has 1 heterocycles. The highest BCUT2D eigenvalue weighted by atomic mass is 16.5. The van der Waals surface area contributed by atoms with E-state index in [1.165, 1.54) is 0 Å². The molecule has 0 amide bonds. The number of aromatic nitrogens is 2. The van der Waals surface area contributed by atoms with Gasteiger partial charge in [0.15, 0.2) is 0 Å². The first-order valence-electron chi connectivity index (χ1n) is 6.45. The minimum absolute atomic E-state index is 0.155. The average Bonchev–Trinajstić information content (AvgIpc) is 2.36. The van der Waals surface area contributed by atoms with Crippen LogP contribution in [0.1, 0.15) is 39.2 Å². The van der Waals surface area contributed by atoms with Crippen LogP contribution in [0.5, 0.6) is 0 Å². The summed E-state index contributed by atoms with van der Waals surface area (Å²) >= 11 is 0. The Morgan fingerprint density at radius 2 is 1.78 bits per heavy atom. The minimum Gasteiger partial charge on any atom is -0.380 e. The summed E-state index contributed by atoms with van der Waals surface area (Å²) in [7, 11) is 1.71. The van der Waals surface area contributed by atoms with E-state index < -0.39 is 0 Å². The number of nitrogens with one attached hydrogen (secondary N) is 2. The maximum Gasteiger partial charge on any atom is 0.135 e. The number of hydrogen-bond donors (Lipinski definition) is 2. The predicted octanol–water partition coefficient (Wildman–Crippen LogP) is 2.48. The van der Waals surface area contributed by atoms with Crippen LogP contribution in [0.2, 0.25) is 0 Å². The molecule has 0 aliphatic heterocycles. The predicted molar refractivity (Wildman–Crippen MR) is 75.2 cm³/mol. The molecule has 102 valence electrons. The van der Waals surface area contributed by atoms with E-state index in [2.05, 4.69) is 41.4 Å². The van der Waals surface area contributed by atoms with E-state index in [0.717, 1.165) is 30.3 Å². The van der Waals surface area contributed by atoms with Crippen molar-refractivity contribution >= 4 is 11.6 Å². The first-order chi connectivity index (χ1) is 8.60. The fourth-order valence-electron chi connectivity index (χ4n) is 1.72. The van der Waals surface area contributed by atoms with Crippen molar-refractivity contribution in [2.45, 2.75) is 39.7 Å². The summed E-state index contributed by atoms with van der Waals surface area (Å²) in [6.45, 7) is 9.96. The largest absolute Gasteiger partial charge is 0.380 e. The van der Waals surface area contributed by atoms with Crippen molar-refractivity contribution in [1.29, 1.82) is 0 Å². The van der Waals surface area contributed by atoms with E-state index in [1.807, 2.05) is 6.92 Å². The zero-order chi connectivity index (χ0) is 13.5. The molecule has 0 spiro atoms. The van der Waals surface area contributed by atoms with Gasteiger partial charge in [-0.1, -0.05) is 13.8 Å². The van der Waals surface area contributed by atoms with E-state index in [-0.39, 0.29) is 6.10 Å². The van der Waals surface area contributed by atoms with Gasteiger partial charge in [-0.3, -0.25) is 0 Å². The molecule has 5 nitrogen and oxygen atoms in total. The molecule has 0 saturated heterocycles. The average molecular weight is 252 g/mol. The number of rotatable bonds is 7. The smallest absolute Gasteiger partial charge is 0.135 e. The summed E-state index contributed by atoms with van der Waals surface area (Å²) < 4.78 is 5.23. The minimum atomic E-state index is 0.155. The zero-order valence-corrected chi connectivity index (χ0v) is 11.9. The lowest BCUT2D eigenvalue weighted by atomic mass is 10.0. The molecule has 1 unspecified atom stereocenters. The molecule has 1 rings (SSSR count). The Labute approximate surface area is 109 Å². The molecular weight excluding hydrogens is 228 g/mol. The number of ether oxygens (including phenoxy) is 1. The van der Waals surface area contributed by atoms with Crippen molar-refractivity contribution in [2.75, 3.05) is 30.8 Å². The van der Waals surface area contributed by atoms with E-state index in [1.54, 1.807) is 13.4 Å². The van der Waals surface area contributed by atoms with E-state index >= 15 is 0 Å². The molecule has 0 radical (unpaired) electrons. The van der Waals surface area contributed by atoms with Gasteiger partial charge in [0.05, 0.1) is 6.10 Å². The van der Waals surface area contributed by atoms with Crippen LogP contribution in [0.25, 0.3) is 0 Å². The first kappa shape index (κ1) is 14.7. The number of hydrogen-bond acceptors (Lipinski definition) is 5. The Kier molecular flexibility index (Phi) is 5.85. The van der Waals surface area contributed by atoms with Crippen molar-refractivity contribution in [3.05, 3.63) is 11.9 Å². The summed E-state index contributed by atoms with van der Waals surface area (Å²) in [6, 6.07) is 0. The second-order valence-electron chi connectivity index (χ2n) is 4.60. The highest BCUT2D eigenvalue weighted by Gasteiger charge is 2.14. The molecule has 0 fully saturated rings. The molecule has 0 aliphatic rings. The van der Waals surface area contributed by atoms with Crippen molar-refractivity contribution in [3.63, 3.8) is 0 Å². The van der Waals surface area contributed by atoms with Crippen molar-refractivity contribution in [2.24, 2.45) is 0 Å². The van der Waals surface area contributed by atoms with Crippen LogP contribution in [0, 0.1) is 0 Å². The molecule has 0 aromatic carbocycles. The third kappa shape index (κ3) is 3.84. The molecule has 1 atom stereocenters. The van der Waals surface area contributed by atoms with Gasteiger partial charge in [-0.2, -0.15) is 0 Å². The highest BCUT2D eigenvalue weighted by Crippen LogP contribution is 2.28. The monoisotopic (exact) mass is 252 g/mol. The van der Waals surface area contributed by atoms with Gasteiger partial charge in [0.1, 0.15) is 18.0 Å². The second-order valence-corrected chi connectivity index (χ2v) is 4.60. The standard InChI is InChI=1S/C13H24N4O/c1-6-14-12-11(9(2)3)13(17-8-16-12)15-7-10(4)18-5/h8-10H,6-7H2,1-5H3,(H2,14,15,16,17). The van der Waals surface area contributed by atoms with Gasteiger partial charge < -0.3 is 15.4 Å². The number of methoxy groups -OCH3 is 1. The summed E-state index contributed by atoms with van der Waals surface area (Å²) in [5.41, 5.74) is 1.13. The van der Waals surface area contributed by atoms with E-state index in [4.69, 9.17) is 4.74 Å². The van der Waals surface area contributed by atoms with Crippen molar-refractivity contribution in [1.82, 2.24) is 9.97 Å². The molecular formula is C13H24N4O. The third-order valence-corrected chi connectivity index (χ3v) is 2.76. The van der Waals surface area contributed by atoms with Gasteiger partial charge in [0.2, 0.25) is 0 Å². The SMILES string of the molecule is CCNc1ncnc(NCC(C)OC)c1C(C)C. The maximum atomic E-state index is 5.23. The molecule has 0 bridgehead atoms. The van der Waals surface area contributed by atoms with Crippen LogP contribution in [0.3, 0.4) is 0 Å². The van der Waals surface area contributed by atoms with Gasteiger partial charge in [-0.25, -0.2) is 9.97 Å². The van der Waals surface area contributed by atoms with Crippen LogP contribution in [-0.2, 0) is 4.74 Å². The molecule has 18 heavy (non-hydrogen) atoms. The van der Waals surface area contributed by atoms with Crippen LogP contribution in [-0.4, -0.2) is 36.3 Å². The van der Waals surface area contributed by atoms with Gasteiger partial charge in [-0.15, -0.1) is 0 Å². The summed E-state index contributed by atoms with van der Waals surface area (Å²) in [5, 5.41) is 6.61. The Balaban J connectivity index is 2.92. The molecule has 0 saturated carbocycles. The molecule has 5 heteroatoms. The Morgan fingerprint density at radius 3 is 2.28 bits per heavy atom. The number of anilines is 2. The Bertz CT molecular complexity index is 368.